The van der Waals surface area contributed by atoms with Gasteiger partial charge in [-0.25, -0.2) is 0 Å². The molecular weight excluding hydrogens is 354 g/mol. The molecule has 1 heterocycles. The van der Waals surface area contributed by atoms with Gasteiger partial charge >= 0.3 is 0 Å². The lowest BCUT2D eigenvalue weighted by molar-refractivity contribution is -0.124. The minimum atomic E-state index is -0.243. The van der Waals surface area contributed by atoms with Crippen molar-refractivity contribution < 1.29 is 14.3 Å². The van der Waals surface area contributed by atoms with Crippen LogP contribution in [0.4, 0.5) is 0 Å². The molecule has 0 aromatic heterocycles. The molecule has 6 heteroatoms. The van der Waals surface area contributed by atoms with E-state index in [1.807, 2.05) is 54.6 Å². The Balaban J connectivity index is 1.67. The summed E-state index contributed by atoms with van der Waals surface area (Å²) >= 11 is 0. The summed E-state index contributed by atoms with van der Waals surface area (Å²) in [5.41, 5.74) is 7.40. The smallest absolute Gasteiger partial charge is 0.234 e. The van der Waals surface area contributed by atoms with Gasteiger partial charge in [0.1, 0.15) is 5.75 Å². The lowest BCUT2D eigenvalue weighted by atomic mass is 9.96. The number of methoxy groups -OCH3 is 1. The number of rotatable bonds is 7. The monoisotopic (exact) mass is 381 g/mol. The third-order valence-corrected chi connectivity index (χ3v) is 5.24. The quantitative estimate of drug-likeness (QED) is 0.769. The van der Waals surface area contributed by atoms with Crippen LogP contribution in [-0.2, 0) is 9.59 Å². The van der Waals surface area contributed by atoms with Gasteiger partial charge in [0.05, 0.1) is 19.7 Å². The Bertz CT molecular complexity index is 784. The van der Waals surface area contributed by atoms with Crippen LogP contribution in [0.2, 0.25) is 0 Å². The Morgan fingerprint density at radius 1 is 1.07 bits per heavy atom. The summed E-state index contributed by atoms with van der Waals surface area (Å²) in [4.78, 5) is 26.1. The molecule has 0 spiro atoms. The molecule has 1 fully saturated rings. The summed E-state index contributed by atoms with van der Waals surface area (Å²) in [7, 11) is 1.63. The van der Waals surface area contributed by atoms with Gasteiger partial charge in [-0.05, 0) is 49.2 Å². The second-order valence-electron chi connectivity index (χ2n) is 7.14. The van der Waals surface area contributed by atoms with E-state index in [4.69, 9.17) is 10.5 Å². The van der Waals surface area contributed by atoms with Crippen molar-refractivity contribution in [2.75, 3.05) is 26.7 Å². The van der Waals surface area contributed by atoms with Crippen LogP contribution < -0.4 is 15.8 Å². The predicted molar refractivity (Wildman–Crippen MR) is 108 cm³/mol. The van der Waals surface area contributed by atoms with Crippen LogP contribution in [-0.4, -0.2) is 43.5 Å². The number of nitrogens with one attached hydrogen (secondary N) is 1. The first-order valence-corrected chi connectivity index (χ1v) is 9.56. The summed E-state index contributed by atoms with van der Waals surface area (Å²) < 4.78 is 5.23. The average Bonchev–Trinajstić information content (AvgIpc) is 2.73. The van der Waals surface area contributed by atoms with Gasteiger partial charge < -0.3 is 15.8 Å². The van der Waals surface area contributed by atoms with Crippen molar-refractivity contribution >= 4 is 11.8 Å². The molecule has 0 bridgehead atoms. The fourth-order valence-corrected chi connectivity index (χ4v) is 3.59. The second kappa shape index (κ2) is 9.37. The molecule has 2 amide bonds. The van der Waals surface area contributed by atoms with Crippen molar-refractivity contribution in [1.82, 2.24) is 10.2 Å². The number of benzene rings is 2. The zero-order valence-electron chi connectivity index (χ0n) is 16.1. The Morgan fingerprint density at radius 3 is 2.25 bits per heavy atom. The summed E-state index contributed by atoms with van der Waals surface area (Å²) in [5.74, 6) is 0.421. The van der Waals surface area contributed by atoms with Crippen molar-refractivity contribution in [3.63, 3.8) is 0 Å². The first kappa shape index (κ1) is 19.9. The van der Waals surface area contributed by atoms with Gasteiger partial charge in [-0.1, -0.05) is 42.5 Å². The van der Waals surface area contributed by atoms with Crippen LogP contribution in [0, 0.1) is 5.92 Å². The maximum Gasteiger partial charge on any atom is 0.234 e. The van der Waals surface area contributed by atoms with E-state index in [1.54, 1.807) is 7.11 Å². The van der Waals surface area contributed by atoms with Gasteiger partial charge in [-0.3, -0.25) is 14.5 Å². The third-order valence-electron chi connectivity index (χ3n) is 5.24. The number of ether oxygens (including phenoxy) is 1. The highest BCUT2D eigenvalue weighted by molar-refractivity contribution is 5.79. The summed E-state index contributed by atoms with van der Waals surface area (Å²) in [6.45, 7) is 1.73. The molecule has 3 rings (SSSR count). The van der Waals surface area contributed by atoms with Gasteiger partial charge in [0.2, 0.25) is 11.8 Å². The molecule has 2 aromatic carbocycles. The van der Waals surface area contributed by atoms with Gasteiger partial charge in [0.15, 0.2) is 0 Å². The van der Waals surface area contributed by atoms with Crippen molar-refractivity contribution in [2.24, 2.45) is 11.7 Å². The molecule has 28 heavy (non-hydrogen) atoms. The van der Waals surface area contributed by atoms with E-state index in [0.29, 0.717) is 32.5 Å². The molecule has 1 saturated heterocycles. The van der Waals surface area contributed by atoms with E-state index in [9.17, 15) is 9.59 Å². The van der Waals surface area contributed by atoms with Gasteiger partial charge in [0, 0.05) is 5.92 Å². The topological polar surface area (TPSA) is 84.7 Å². The normalized spacial score (nSPS) is 16.3. The maximum atomic E-state index is 12.7. The number of hydrogen-bond acceptors (Lipinski definition) is 4. The van der Waals surface area contributed by atoms with E-state index in [-0.39, 0.29) is 23.8 Å². The van der Waals surface area contributed by atoms with Gasteiger partial charge in [-0.15, -0.1) is 0 Å². The highest BCUT2D eigenvalue weighted by Gasteiger charge is 2.25. The zero-order valence-corrected chi connectivity index (χ0v) is 16.1. The lowest BCUT2D eigenvalue weighted by Gasteiger charge is -2.30. The van der Waals surface area contributed by atoms with E-state index in [0.717, 1.165) is 16.9 Å². The van der Waals surface area contributed by atoms with E-state index in [2.05, 4.69) is 10.2 Å². The molecule has 6 nitrogen and oxygen atoms in total. The van der Waals surface area contributed by atoms with Crippen LogP contribution in [0.25, 0.3) is 0 Å². The van der Waals surface area contributed by atoms with Crippen LogP contribution in [0.15, 0.2) is 54.6 Å². The van der Waals surface area contributed by atoms with Crippen molar-refractivity contribution in [3.05, 3.63) is 65.7 Å². The summed E-state index contributed by atoms with van der Waals surface area (Å²) in [6.07, 6.45) is 1.42. The molecule has 0 aliphatic carbocycles. The van der Waals surface area contributed by atoms with E-state index in [1.165, 1.54) is 0 Å². The number of nitrogens with two attached hydrogens (primary N) is 1. The highest BCUT2D eigenvalue weighted by atomic mass is 16.5. The fraction of sp³-hybridized carbons (Fsp3) is 0.364. The predicted octanol–water partition coefficient (Wildman–Crippen LogP) is 2.10. The Hall–Kier alpha value is -2.86. The van der Waals surface area contributed by atoms with Crippen LogP contribution in [0.1, 0.15) is 30.0 Å². The number of hydrogen-bond donors (Lipinski definition) is 2. The molecule has 3 N–H and O–H groups in total. The number of likely N-dealkylation sites (tertiary alicyclic amines) is 1. The number of nitrogens with zero attached hydrogens (tertiary/aromatic N) is 1. The third kappa shape index (κ3) is 5.10. The van der Waals surface area contributed by atoms with Crippen LogP contribution >= 0.6 is 0 Å². The minimum Gasteiger partial charge on any atom is -0.497 e. The highest BCUT2D eigenvalue weighted by Crippen LogP contribution is 2.24. The van der Waals surface area contributed by atoms with Gasteiger partial charge in [-0.2, -0.15) is 0 Å². The molecule has 1 aliphatic rings. The average molecular weight is 381 g/mol. The SMILES string of the molecule is COc1ccc([C@@H](NC(=O)CN2CCC(C(N)=O)CC2)c2ccccc2)cc1. The lowest BCUT2D eigenvalue weighted by Crippen LogP contribution is -2.44. The number of piperidine rings is 1. The molecular formula is C22H27N3O3. The first-order valence-electron chi connectivity index (χ1n) is 9.56. The molecule has 1 atom stereocenters. The maximum absolute atomic E-state index is 12.7. The van der Waals surface area contributed by atoms with E-state index < -0.39 is 0 Å². The minimum absolute atomic E-state index is 0.0396. The first-order chi connectivity index (χ1) is 13.6. The van der Waals surface area contributed by atoms with Crippen molar-refractivity contribution in [2.45, 2.75) is 18.9 Å². The number of carbonyl (C=O) groups excluding carboxylic acids is 2. The fourth-order valence-electron chi connectivity index (χ4n) is 3.59. The van der Waals surface area contributed by atoms with Crippen LogP contribution in [0.5, 0.6) is 5.75 Å². The molecule has 2 aromatic rings. The molecule has 1 aliphatic heterocycles. The van der Waals surface area contributed by atoms with E-state index >= 15 is 0 Å². The summed E-state index contributed by atoms with van der Waals surface area (Å²) in [6, 6.07) is 17.4. The molecule has 0 radical (unpaired) electrons. The molecule has 0 saturated carbocycles. The number of carbonyl (C=O) groups is 2. The largest absolute Gasteiger partial charge is 0.497 e. The number of primary amides is 1. The molecule has 148 valence electrons. The Labute approximate surface area is 165 Å². The Morgan fingerprint density at radius 2 is 1.68 bits per heavy atom. The summed E-state index contributed by atoms with van der Waals surface area (Å²) in [5, 5.41) is 3.16. The Kier molecular flexibility index (Phi) is 6.66. The zero-order chi connectivity index (χ0) is 19.9. The molecule has 0 unspecified atom stereocenters. The number of amides is 2. The van der Waals surface area contributed by atoms with Crippen molar-refractivity contribution in [1.29, 1.82) is 0 Å². The van der Waals surface area contributed by atoms with Crippen LogP contribution in [0.3, 0.4) is 0 Å². The standard InChI is InChI=1S/C22H27N3O3/c1-28-19-9-7-17(8-10-19)21(16-5-3-2-4-6-16)24-20(26)15-25-13-11-18(12-14-25)22(23)27/h2-10,18,21H,11-15H2,1H3,(H2,23,27)(H,24,26)/t21-/m0/s1. The van der Waals surface area contributed by atoms with Gasteiger partial charge in [0.25, 0.3) is 0 Å². The van der Waals surface area contributed by atoms with Crippen molar-refractivity contribution in [3.8, 4) is 5.75 Å². The second-order valence-corrected chi connectivity index (χ2v) is 7.14.